The second-order valence-electron chi connectivity index (χ2n) is 6.66. The van der Waals surface area contributed by atoms with E-state index in [1.54, 1.807) is 0 Å². The molecular formula is C19H28N6. The Kier molecular flexibility index (Phi) is 5.68. The van der Waals surface area contributed by atoms with Crippen LogP contribution >= 0.6 is 0 Å². The van der Waals surface area contributed by atoms with E-state index in [0.29, 0.717) is 6.54 Å². The van der Waals surface area contributed by atoms with Gasteiger partial charge in [-0.3, -0.25) is 0 Å². The Morgan fingerprint density at radius 3 is 2.72 bits per heavy atom. The van der Waals surface area contributed by atoms with E-state index in [1.165, 1.54) is 16.7 Å². The fraction of sp³-hybridized carbons (Fsp3) is 0.526. The zero-order chi connectivity index (χ0) is 17.6. The molecule has 1 aliphatic rings. The number of nitrogens with zero attached hydrogens (tertiary/aromatic N) is 4. The molecule has 2 heterocycles. The SMILES string of the molecule is CCNC(=NCc1nnc2n1CCC2)NCCc1cc(C)cc(C)c1. The van der Waals surface area contributed by atoms with Crippen molar-refractivity contribution in [1.82, 2.24) is 25.4 Å². The summed E-state index contributed by atoms with van der Waals surface area (Å²) >= 11 is 0. The minimum atomic E-state index is 0.561. The molecule has 0 unspecified atom stereocenters. The molecule has 0 fully saturated rings. The van der Waals surface area contributed by atoms with E-state index in [0.717, 1.165) is 56.5 Å². The molecule has 0 bridgehead atoms. The third kappa shape index (κ3) is 4.59. The predicted octanol–water partition coefficient (Wildman–Crippen LogP) is 2.14. The van der Waals surface area contributed by atoms with Gasteiger partial charge in [0.15, 0.2) is 11.8 Å². The first kappa shape index (κ1) is 17.5. The molecular weight excluding hydrogens is 312 g/mol. The Hall–Kier alpha value is -2.37. The number of fused-ring (bicyclic) bond motifs is 1. The standard InChI is InChI=1S/C19H28N6/c1-4-20-19(21-8-7-16-11-14(2)10-15(3)12-16)22-13-18-24-23-17-6-5-9-25(17)18/h10-12H,4-9,13H2,1-3H3,(H2,20,21,22). The Labute approximate surface area is 149 Å². The van der Waals surface area contributed by atoms with Gasteiger partial charge < -0.3 is 15.2 Å². The number of nitrogens with one attached hydrogen (secondary N) is 2. The summed E-state index contributed by atoms with van der Waals surface area (Å²) in [6.45, 7) is 9.64. The van der Waals surface area contributed by atoms with Crippen LogP contribution in [0.2, 0.25) is 0 Å². The lowest BCUT2D eigenvalue weighted by atomic mass is 10.1. The van der Waals surface area contributed by atoms with Crippen molar-refractivity contribution in [2.75, 3.05) is 13.1 Å². The molecule has 3 rings (SSSR count). The maximum absolute atomic E-state index is 4.67. The molecule has 0 radical (unpaired) electrons. The van der Waals surface area contributed by atoms with Crippen LogP contribution in [0.3, 0.4) is 0 Å². The van der Waals surface area contributed by atoms with Crippen LogP contribution < -0.4 is 10.6 Å². The molecule has 0 saturated heterocycles. The van der Waals surface area contributed by atoms with Crippen LogP contribution in [0, 0.1) is 13.8 Å². The van der Waals surface area contributed by atoms with Crippen LogP contribution in [-0.4, -0.2) is 33.8 Å². The van der Waals surface area contributed by atoms with Crippen molar-refractivity contribution in [2.45, 2.75) is 53.1 Å². The van der Waals surface area contributed by atoms with Gasteiger partial charge in [-0.05, 0) is 39.2 Å². The van der Waals surface area contributed by atoms with Gasteiger partial charge >= 0.3 is 0 Å². The molecule has 2 N–H and O–H groups in total. The van der Waals surface area contributed by atoms with Gasteiger partial charge in [-0.1, -0.05) is 29.3 Å². The Bertz CT molecular complexity index is 726. The van der Waals surface area contributed by atoms with Crippen LogP contribution in [0.1, 0.15) is 41.7 Å². The van der Waals surface area contributed by atoms with Crippen molar-refractivity contribution in [2.24, 2.45) is 4.99 Å². The molecule has 134 valence electrons. The second-order valence-corrected chi connectivity index (χ2v) is 6.66. The number of rotatable bonds is 6. The number of guanidine groups is 1. The summed E-state index contributed by atoms with van der Waals surface area (Å²) in [7, 11) is 0. The van der Waals surface area contributed by atoms with Gasteiger partial charge in [0.2, 0.25) is 0 Å². The summed E-state index contributed by atoms with van der Waals surface area (Å²) in [5.41, 5.74) is 3.99. The van der Waals surface area contributed by atoms with Crippen molar-refractivity contribution in [3.05, 3.63) is 46.5 Å². The van der Waals surface area contributed by atoms with E-state index in [4.69, 9.17) is 0 Å². The maximum atomic E-state index is 4.67. The lowest BCUT2D eigenvalue weighted by molar-refractivity contribution is 0.684. The lowest BCUT2D eigenvalue weighted by Gasteiger charge is -2.12. The molecule has 0 aliphatic carbocycles. The molecule has 0 spiro atoms. The molecule has 0 amide bonds. The number of benzene rings is 1. The molecule has 1 aromatic carbocycles. The van der Waals surface area contributed by atoms with E-state index in [-0.39, 0.29) is 0 Å². The highest BCUT2D eigenvalue weighted by Crippen LogP contribution is 2.14. The van der Waals surface area contributed by atoms with Gasteiger partial charge in [-0.15, -0.1) is 10.2 Å². The lowest BCUT2D eigenvalue weighted by Crippen LogP contribution is -2.38. The highest BCUT2D eigenvalue weighted by molar-refractivity contribution is 5.79. The molecule has 6 nitrogen and oxygen atoms in total. The summed E-state index contributed by atoms with van der Waals surface area (Å²) in [5, 5.41) is 15.2. The molecule has 0 atom stereocenters. The highest BCUT2D eigenvalue weighted by atomic mass is 15.3. The zero-order valence-electron chi connectivity index (χ0n) is 15.5. The number of hydrogen-bond acceptors (Lipinski definition) is 3. The van der Waals surface area contributed by atoms with Gasteiger partial charge in [0.1, 0.15) is 12.4 Å². The van der Waals surface area contributed by atoms with Crippen molar-refractivity contribution in [3.8, 4) is 0 Å². The van der Waals surface area contributed by atoms with Gasteiger partial charge in [0.25, 0.3) is 0 Å². The van der Waals surface area contributed by atoms with Crippen LogP contribution in [0.25, 0.3) is 0 Å². The third-order valence-electron chi connectivity index (χ3n) is 4.40. The summed E-state index contributed by atoms with van der Waals surface area (Å²) in [6, 6.07) is 6.70. The molecule has 2 aromatic rings. The summed E-state index contributed by atoms with van der Waals surface area (Å²) < 4.78 is 2.20. The van der Waals surface area contributed by atoms with E-state index < -0.39 is 0 Å². The highest BCUT2D eigenvalue weighted by Gasteiger charge is 2.16. The summed E-state index contributed by atoms with van der Waals surface area (Å²) in [6.07, 6.45) is 3.17. The number of aryl methyl sites for hydroxylation is 3. The Balaban J connectivity index is 1.57. The first-order valence-electron chi connectivity index (χ1n) is 9.16. The maximum Gasteiger partial charge on any atom is 0.191 e. The van der Waals surface area contributed by atoms with Crippen molar-refractivity contribution in [3.63, 3.8) is 0 Å². The fourth-order valence-corrected chi connectivity index (χ4v) is 3.36. The van der Waals surface area contributed by atoms with Crippen molar-refractivity contribution < 1.29 is 0 Å². The summed E-state index contributed by atoms with van der Waals surface area (Å²) in [4.78, 5) is 4.67. The molecule has 0 saturated carbocycles. The average Bonchev–Trinajstić information content (AvgIpc) is 3.15. The van der Waals surface area contributed by atoms with Crippen LogP contribution in [0.5, 0.6) is 0 Å². The van der Waals surface area contributed by atoms with E-state index in [1.807, 2.05) is 0 Å². The average molecular weight is 340 g/mol. The smallest absolute Gasteiger partial charge is 0.191 e. The molecule has 6 heteroatoms. The monoisotopic (exact) mass is 340 g/mol. The fourth-order valence-electron chi connectivity index (χ4n) is 3.36. The molecule has 25 heavy (non-hydrogen) atoms. The van der Waals surface area contributed by atoms with E-state index in [2.05, 4.69) is 69.4 Å². The van der Waals surface area contributed by atoms with Gasteiger partial charge in [0.05, 0.1) is 0 Å². The number of aliphatic imine (C=N–C) groups is 1. The van der Waals surface area contributed by atoms with Crippen LogP contribution in [0.15, 0.2) is 23.2 Å². The topological polar surface area (TPSA) is 67.1 Å². The van der Waals surface area contributed by atoms with Gasteiger partial charge in [-0.25, -0.2) is 4.99 Å². The second kappa shape index (κ2) is 8.14. The molecule has 1 aromatic heterocycles. The van der Waals surface area contributed by atoms with Gasteiger partial charge in [-0.2, -0.15) is 0 Å². The Morgan fingerprint density at radius 1 is 1.16 bits per heavy atom. The summed E-state index contributed by atoms with van der Waals surface area (Å²) in [5.74, 6) is 2.89. The zero-order valence-corrected chi connectivity index (χ0v) is 15.5. The Morgan fingerprint density at radius 2 is 1.96 bits per heavy atom. The quantitative estimate of drug-likeness (QED) is 0.624. The van der Waals surface area contributed by atoms with Crippen LogP contribution in [-0.2, 0) is 25.9 Å². The first-order valence-corrected chi connectivity index (χ1v) is 9.16. The third-order valence-corrected chi connectivity index (χ3v) is 4.40. The van der Waals surface area contributed by atoms with Crippen molar-refractivity contribution >= 4 is 5.96 Å². The van der Waals surface area contributed by atoms with Crippen LogP contribution in [0.4, 0.5) is 0 Å². The predicted molar refractivity (Wildman–Crippen MR) is 101 cm³/mol. The minimum Gasteiger partial charge on any atom is -0.357 e. The molecule has 1 aliphatic heterocycles. The normalized spacial score (nSPS) is 13.8. The first-order chi connectivity index (χ1) is 12.2. The number of hydrogen-bond donors (Lipinski definition) is 2. The van der Waals surface area contributed by atoms with Crippen molar-refractivity contribution in [1.29, 1.82) is 0 Å². The number of aromatic nitrogens is 3. The largest absolute Gasteiger partial charge is 0.357 e. The van der Waals surface area contributed by atoms with E-state index in [9.17, 15) is 0 Å². The van der Waals surface area contributed by atoms with E-state index >= 15 is 0 Å². The minimum absolute atomic E-state index is 0.561. The van der Waals surface area contributed by atoms with Gasteiger partial charge in [0, 0.05) is 26.1 Å².